The van der Waals surface area contributed by atoms with Gasteiger partial charge in [-0.3, -0.25) is 4.90 Å². The highest BCUT2D eigenvalue weighted by molar-refractivity contribution is 5.72. The van der Waals surface area contributed by atoms with E-state index in [1.807, 2.05) is 25.7 Å². The van der Waals surface area contributed by atoms with Crippen LogP contribution in [0.25, 0.3) is 6.08 Å². The third-order valence-corrected chi connectivity index (χ3v) is 4.98. The Kier molecular flexibility index (Phi) is 3.95. The third-order valence-electron chi connectivity index (χ3n) is 4.98. The summed E-state index contributed by atoms with van der Waals surface area (Å²) in [4.78, 5) is 14.5. The molecule has 1 aliphatic carbocycles. The molecule has 4 rings (SSSR count). The van der Waals surface area contributed by atoms with Crippen LogP contribution < -0.4 is 0 Å². The molecule has 0 aromatic heterocycles. The number of carbonyl (C=O) groups excluding carboxylic acids is 1. The van der Waals surface area contributed by atoms with Crippen molar-refractivity contribution in [2.45, 2.75) is 51.3 Å². The van der Waals surface area contributed by atoms with E-state index in [4.69, 9.17) is 9.47 Å². The van der Waals surface area contributed by atoms with Crippen molar-refractivity contribution in [2.24, 2.45) is 0 Å². The van der Waals surface area contributed by atoms with Gasteiger partial charge in [-0.2, -0.15) is 0 Å². The highest BCUT2D eigenvalue weighted by Crippen LogP contribution is 2.36. The number of nitrogens with zero attached hydrogens (tertiary/aromatic N) is 1. The largest absolute Gasteiger partial charge is 0.444 e. The van der Waals surface area contributed by atoms with Crippen LogP contribution in [0.3, 0.4) is 0 Å². The maximum Gasteiger partial charge on any atom is 0.411 e. The summed E-state index contributed by atoms with van der Waals surface area (Å²) in [5.74, 6) is 0. The first-order valence-electron chi connectivity index (χ1n) is 8.99. The number of morpholine rings is 1. The zero-order chi connectivity index (χ0) is 17.6. The molecule has 132 valence electrons. The lowest BCUT2D eigenvalue weighted by atomic mass is 9.89. The Morgan fingerprint density at radius 1 is 1.20 bits per heavy atom. The predicted octanol–water partition coefficient (Wildman–Crippen LogP) is 3.96. The SMILES string of the molecule is CC(C)(C)OC(=O)N1C2C=C(C3=Cc4ccccc4C3)CC1COC2. The van der Waals surface area contributed by atoms with Crippen LogP contribution in [0.5, 0.6) is 0 Å². The summed E-state index contributed by atoms with van der Waals surface area (Å²) < 4.78 is 11.3. The van der Waals surface area contributed by atoms with E-state index in [1.54, 1.807) is 0 Å². The maximum absolute atomic E-state index is 12.6. The second-order valence-corrected chi connectivity index (χ2v) is 8.09. The molecule has 2 heterocycles. The molecule has 1 fully saturated rings. The molecule has 0 saturated carbocycles. The van der Waals surface area contributed by atoms with Gasteiger partial charge >= 0.3 is 6.09 Å². The molecule has 0 radical (unpaired) electrons. The van der Waals surface area contributed by atoms with Gasteiger partial charge in [-0.1, -0.05) is 36.4 Å². The first kappa shape index (κ1) is 16.4. The van der Waals surface area contributed by atoms with Crippen LogP contribution in [0, 0.1) is 0 Å². The Morgan fingerprint density at radius 3 is 2.72 bits per heavy atom. The maximum atomic E-state index is 12.6. The summed E-state index contributed by atoms with van der Waals surface area (Å²) in [5.41, 5.74) is 4.95. The topological polar surface area (TPSA) is 38.8 Å². The zero-order valence-electron chi connectivity index (χ0n) is 15.1. The molecule has 0 N–H and O–H groups in total. The van der Waals surface area contributed by atoms with Gasteiger partial charge < -0.3 is 9.47 Å². The number of fused-ring (bicyclic) bond motifs is 3. The van der Waals surface area contributed by atoms with Crippen molar-refractivity contribution in [3.8, 4) is 0 Å². The van der Waals surface area contributed by atoms with E-state index < -0.39 is 5.60 Å². The molecule has 1 aromatic carbocycles. The lowest BCUT2D eigenvalue weighted by molar-refractivity contribution is -0.0532. The molecular formula is C21H25NO3. The van der Waals surface area contributed by atoms with Gasteiger partial charge in [0.15, 0.2) is 0 Å². The number of benzene rings is 1. The van der Waals surface area contributed by atoms with Gasteiger partial charge in [0, 0.05) is 0 Å². The summed E-state index contributed by atoms with van der Waals surface area (Å²) in [5, 5.41) is 0. The van der Waals surface area contributed by atoms with Crippen LogP contribution in [0.15, 0.2) is 41.5 Å². The standard InChI is InChI=1S/C21H25NO3/c1-21(2,3)25-20(23)22-18-10-17(11-19(22)13-24-12-18)16-8-14-6-4-5-7-15(14)9-16/h4-8,10,18-19H,9,11-13H2,1-3H3. The van der Waals surface area contributed by atoms with Gasteiger partial charge in [0.05, 0.1) is 25.3 Å². The van der Waals surface area contributed by atoms with Crippen molar-refractivity contribution in [1.82, 2.24) is 4.90 Å². The van der Waals surface area contributed by atoms with E-state index in [2.05, 4.69) is 36.4 Å². The molecule has 1 aromatic rings. The minimum absolute atomic E-state index is 0.0398. The fourth-order valence-corrected chi connectivity index (χ4v) is 3.92. The predicted molar refractivity (Wildman–Crippen MR) is 97.3 cm³/mol. The van der Waals surface area contributed by atoms with Gasteiger partial charge in [0.1, 0.15) is 5.60 Å². The highest BCUT2D eigenvalue weighted by atomic mass is 16.6. The van der Waals surface area contributed by atoms with Crippen molar-refractivity contribution in [3.63, 3.8) is 0 Å². The van der Waals surface area contributed by atoms with E-state index in [9.17, 15) is 4.79 Å². The van der Waals surface area contributed by atoms with Crippen LogP contribution in [0.4, 0.5) is 4.79 Å². The van der Waals surface area contributed by atoms with Crippen molar-refractivity contribution >= 4 is 12.2 Å². The number of carbonyl (C=O) groups is 1. The molecule has 2 unspecified atom stereocenters. The van der Waals surface area contributed by atoms with E-state index >= 15 is 0 Å². The minimum Gasteiger partial charge on any atom is -0.444 e. The van der Waals surface area contributed by atoms with Crippen LogP contribution in [0.1, 0.15) is 38.3 Å². The minimum atomic E-state index is -0.480. The molecule has 25 heavy (non-hydrogen) atoms. The van der Waals surface area contributed by atoms with Gasteiger partial charge in [-0.25, -0.2) is 4.79 Å². The fourth-order valence-electron chi connectivity index (χ4n) is 3.92. The zero-order valence-corrected chi connectivity index (χ0v) is 15.1. The number of hydrogen-bond acceptors (Lipinski definition) is 3. The summed E-state index contributed by atoms with van der Waals surface area (Å²) in [7, 11) is 0. The second kappa shape index (κ2) is 6.03. The van der Waals surface area contributed by atoms with Gasteiger partial charge in [0.25, 0.3) is 0 Å². The Balaban J connectivity index is 1.57. The number of hydrogen-bond donors (Lipinski definition) is 0. The molecular weight excluding hydrogens is 314 g/mol. The number of rotatable bonds is 1. The molecule has 2 atom stereocenters. The monoisotopic (exact) mass is 339 g/mol. The fraction of sp³-hybridized carbons (Fsp3) is 0.476. The third kappa shape index (κ3) is 3.23. The van der Waals surface area contributed by atoms with Crippen molar-refractivity contribution in [3.05, 3.63) is 52.6 Å². The normalized spacial score (nSPS) is 25.2. The molecule has 3 aliphatic rings. The van der Waals surface area contributed by atoms with Crippen molar-refractivity contribution in [1.29, 1.82) is 0 Å². The van der Waals surface area contributed by atoms with Crippen LogP contribution >= 0.6 is 0 Å². The molecule has 2 aliphatic heterocycles. The lowest BCUT2D eigenvalue weighted by Gasteiger charge is -2.44. The Hall–Kier alpha value is -2.07. The number of ether oxygens (including phenoxy) is 2. The Labute approximate surface area is 149 Å². The Bertz CT molecular complexity index is 757. The summed E-state index contributed by atoms with van der Waals surface area (Å²) in [6.45, 7) is 6.83. The van der Waals surface area contributed by atoms with Crippen LogP contribution in [0.2, 0.25) is 0 Å². The first-order valence-corrected chi connectivity index (χ1v) is 8.99. The van der Waals surface area contributed by atoms with Gasteiger partial charge in [-0.15, -0.1) is 0 Å². The number of amides is 1. The van der Waals surface area contributed by atoms with E-state index in [1.165, 1.54) is 22.3 Å². The summed E-state index contributed by atoms with van der Waals surface area (Å²) in [6.07, 6.45) is 6.08. The van der Waals surface area contributed by atoms with Crippen molar-refractivity contribution in [2.75, 3.05) is 13.2 Å². The van der Waals surface area contributed by atoms with E-state index in [-0.39, 0.29) is 18.2 Å². The molecule has 2 bridgehead atoms. The van der Waals surface area contributed by atoms with E-state index in [0.717, 1.165) is 12.8 Å². The van der Waals surface area contributed by atoms with Crippen LogP contribution in [-0.2, 0) is 15.9 Å². The number of allylic oxidation sites excluding steroid dienone is 1. The van der Waals surface area contributed by atoms with Gasteiger partial charge in [-0.05, 0) is 55.9 Å². The van der Waals surface area contributed by atoms with Crippen LogP contribution in [-0.4, -0.2) is 41.9 Å². The average molecular weight is 339 g/mol. The molecule has 0 spiro atoms. The smallest absolute Gasteiger partial charge is 0.411 e. The molecule has 4 nitrogen and oxygen atoms in total. The van der Waals surface area contributed by atoms with E-state index in [0.29, 0.717) is 13.2 Å². The average Bonchev–Trinajstić information content (AvgIpc) is 2.96. The van der Waals surface area contributed by atoms with Crippen molar-refractivity contribution < 1.29 is 14.3 Å². The molecule has 1 amide bonds. The van der Waals surface area contributed by atoms with Gasteiger partial charge in [0.2, 0.25) is 0 Å². The first-order chi connectivity index (χ1) is 11.9. The quantitative estimate of drug-likeness (QED) is 0.777. The Morgan fingerprint density at radius 2 is 2.00 bits per heavy atom. The summed E-state index contributed by atoms with van der Waals surface area (Å²) in [6, 6.07) is 8.56. The molecule has 4 heteroatoms. The lowest BCUT2D eigenvalue weighted by Crippen LogP contribution is -2.57. The summed E-state index contributed by atoms with van der Waals surface area (Å²) >= 11 is 0. The second-order valence-electron chi connectivity index (χ2n) is 8.09. The molecule has 1 saturated heterocycles. The highest BCUT2D eigenvalue weighted by Gasteiger charge is 2.40.